The van der Waals surface area contributed by atoms with E-state index < -0.39 is 0 Å². The third-order valence-corrected chi connectivity index (χ3v) is 3.69. The van der Waals surface area contributed by atoms with E-state index >= 15 is 0 Å². The topological polar surface area (TPSA) is 92.0 Å². The number of aryl methyl sites for hydroxylation is 2. The van der Waals surface area contributed by atoms with Crippen LogP contribution in [0, 0.1) is 13.8 Å². The van der Waals surface area contributed by atoms with E-state index in [9.17, 15) is 0 Å². The molecule has 1 saturated heterocycles. The van der Waals surface area contributed by atoms with E-state index in [1.807, 2.05) is 30.9 Å². The molecule has 0 amide bonds. The highest BCUT2D eigenvalue weighted by Crippen LogP contribution is 2.16. The molecule has 0 saturated carbocycles. The number of nitrogens with one attached hydrogen (secondary N) is 1. The van der Waals surface area contributed by atoms with Crippen molar-refractivity contribution < 1.29 is 0 Å². The summed E-state index contributed by atoms with van der Waals surface area (Å²) in [7, 11) is 0. The van der Waals surface area contributed by atoms with Crippen LogP contribution >= 0.6 is 24.6 Å². The van der Waals surface area contributed by atoms with Crippen molar-refractivity contribution in [3.05, 3.63) is 29.3 Å². The lowest BCUT2D eigenvalue weighted by atomic mass is 10.1. The average Bonchev–Trinajstić information content (AvgIpc) is 2.95. The van der Waals surface area contributed by atoms with E-state index in [-0.39, 0.29) is 23.5 Å². The molecule has 1 aromatic rings. The van der Waals surface area contributed by atoms with E-state index in [1.165, 1.54) is 5.56 Å². The summed E-state index contributed by atoms with van der Waals surface area (Å²) in [4.78, 5) is 10.2. The highest BCUT2D eigenvalue weighted by atomic mass is 35.5. The van der Waals surface area contributed by atoms with Gasteiger partial charge in [0.2, 0.25) is 11.1 Å². The molecule has 2 rings (SSSR count). The summed E-state index contributed by atoms with van der Waals surface area (Å²) in [5.74, 6) is 0.458. The van der Waals surface area contributed by atoms with E-state index in [4.69, 9.17) is 23.7 Å². The highest BCUT2D eigenvalue weighted by molar-refractivity contribution is 7.80. The molecule has 6 nitrogen and oxygen atoms in total. The zero-order valence-corrected chi connectivity index (χ0v) is 15.0. The molecule has 23 heavy (non-hydrogen) atoms. The number of likely N-dealkylation sites (tertiary alicyclic amines) is 1. The molecule has 0 bridgehead atoms. The second-order valence-corrected chi connectivity index (χ2v) is 5.77. The minimum absolute atomic E-state index is 0. The van der Waals surface area contributed by atoms with Gasteiger partial charge in [0.15, 0.2) is 5.96 Å². The second kappa shape index (κ2) is 8.69. The quantitative estimate of drug-likeness (QED) is 0.408. The van der Waals surface area contributed by atoms with Gasteiger partial charge in [0.25, 0.3) is 0 Å². The number of benzene rings is 1. The monoisotopic (exact) mass is 354 g/mol. The molecule has 1 aliphatic rings. The zero-order chi connectivity index (χ0) is 16.1. The van der Waals surface area contributed by atoms with Gasteiger partial charge in [-0.05, 0) is 50.5 Å². The fourth-order valence-electron chi connectivity index (χ4n) is 2.36. The van der Waals surface area contributed by atoms with Gasteiger partial charge >= 0.3 is 0 Å². The largest absolute Gasteiger partial charge is 0.369 e. The Bertz CT molecular complexity index is 622. The molecular formula is C15H23ClN6S. The van der Waals surface area contributed by atoms with Crippen molar-refractivity contribution in [3.63, 3.8) is 0 Å². The minimum atomic E-state index is 0. The summed E-state index contributed by atoms with van der Waals surface area (Å²) in [6.45, 7) is 5.87. The summed E-state index contributed by atoms with van der Waals surface area (Å²) in [5, 5.41) is 3.32. The Kier molecular flexibility index (Phi) is 7.25. The third-order valence-electron chi connectivity index (χ3n) is 3.50. The molecular weight excluding hydrogens is 332 g/mol. The van der Waals surface area contributed by atoms with Crippen molar-refractivity contribution in [2.75, 3.05) is 18.4 Å². The Morgan fingerprint density at radius 2 is 1.83 bits per heavy atom. The maximum absolute atomic E-state index is 5.90. The maximum atomic E-state index is 5.90. The molecule has 1 aromatic carbocycles. The van der Waals surface area contributed by atoms with Gasteiger partial charge in [-0.3, -0.25) is 0 Å². The van der Waals surface area contributed by atoms with Crippen molar-refractivity contribution in [3.8, 4) is 0 Å². The van der Waals surface area contributed by atoms with Crippen LogP contribution in [-0.4, -0.2) is 35.0 Å². The molecule has 0 radical (unpaired) electrons. The number of halogens is 1. The summed E-state index contributed by atoms with van der Waals surface area (Å²) >= 11 is 5.19. The van der Waals surface area contributed by atoms with Crippen LogP contribution in [0.2, 0.25) is 0 Å². The first kappa shape index (κ1) is 19.2. The van der Waals surface area contributed by atoms with Crippen molar-refractivity contribution in [2.45, 2.75) is 26.7 Å². The van der Waals surface area contributed by atoms with Crippen LogP contribution < -0.4 is 16.8 Å². The Balaban J connectivity index is 0.00000264. The van der Waals surface area contributed by atoms with Crippen LogP contribution in [0.15, 0.2) is 28.2 Å². The van der Waals surface area contributed by atoms with Gasteiger partial charge in [0, 0.05) is 18.8 Å². The third kappa shape index (κ3) is 5.69. The van der Waals surface area contributed by atoms with Crippen molar-refractivity contribution in [1.82, 2.24) is 4.90 Å². The fraction of sp³-hybridized carbons (Fsp3) is 0.400. The normalized spacial score (nSPS) is 15.3. The molecule has 126 valence electrons. The van der Waals surface area contributed by atoms with E-state index in [1.54, 1.807) is 0 Å². The maximum Gasteiger partial charge on any atom is 0.225 e. The summed E-state index contributed by atoms with van der Waals surface area (Å²) < 4.78 is 0. The fourth-order valence-corrected chi connectivity index (χ4v) is 2.56. The Morgan fingerprint density at radius 3 is 2.43 bits per heavy atom. The molecule has 0 aliphatic carbocycles. The number of hydrogen-bond acceptors (Lipinski definition) is 1. The molecule has 1 heterocycles. The van der Waals surface area contributed by atoms with Crippen LogP contribution in [0.3, 0.4) is 0 Å². The first-order valence-corrected chi connectivity index (χ1v) is 7.68. The molecule has 0 aromatic heterocycles. The SMILES string of the molecule is Cc1ccc(NC(=S)/N=C(N)/N=C(\N)N2CCCC2)c(C)c1.Cl. The molecule has 0 unspecified atom stereocenters. The standard InChI is InChI=1S/C15H22N6S.ClH/c1-10-5-6-12(11(2)9-10)18-15(22)20-13(16)19-14(17)21-7-3-4-8-21;/h5-6,9H,3-4,7-8H2,1-2H3,(H5,16,17,18,19,20,22);1H. The zero-order valence-electron chi connectivity index (χ0n) is 13.4. The summed E-state index contributed by atoms with van der Waals surface area (Å²) in [5.41, 5.74) is 14.9. The van der Waals surface area contributed by atoms with E-state index in [2.05, 4.69) is 21.4 Å². The van der Waals surface area contributed by atoms with Crippen LogP contribution in [0.25, 0.3) is 0 Å². The summed E-state index contributed by atoms with van der Waals surface area (Å²) in [6, 6.07) is 6.04. The molecule has 0 spiro atoms. The van der Waals surface area contributed by atoms with Gasteiger partial charge in [0.1, 0.15) is 0 Å². The smallest absolute Gasteiger partial charge is 0.225 e. The van der Waals surface area contributed by atoms with Crippen molar-refractivity contribution in [1.29, 1.82) is 0 Å². The number of thiocarbonyl (C=S) groups is 1. The first-order valence-electron chi connectivity index (χ1n) is 7.27. The van der Waals surface area contributed by atoms with Crippen LogP contribution in [-0.2, 0) is 0 Å². The Labute approximate surface area is 148 Å². The van der Waals surface area contributed by atoms with Crippen LogP contribution in [0.5, 0.6) is 0 Å². The summed E-state index contributed by atoms with van der Waals surface area (Å²) in [6.07, 6.45) is 2.25. The van der Waals surface area contributed by atoms with E-state index in [0.717, 1.165) is 37.2 Å². The van der Waals surface area contributed by atoms with Gasteiger partial charge in [-0.2, -0.15) is 9.98 Å². The van der Waals surface area contributed by atoms with E-state index in [0.29, 0.717) is 5.96 Å². The molecule has 0 atom stereocenters. The Hall–Kier alpha value is -1.86. The lowest BCUT2D eigenvalue weighted by Gasteiger charge is -2.15. The first-order chi connectivity index (χ1) is 10.5. The van der Waals surface area contributed by atoms with Gasteiger partial charge < -0.3 is 21.7 Å². The average molecular weight is 355 g/mol. The van der Waals surface area contributed by atoms with Crippen LogP contribution in [0.4, 0.5) is 5.69 Å². The predicted octanol–water partition coefficient (Wildman–Crippen LogP) is 2.15. The Morgan fingerprint density at radius 1 is 1.17 bits per heavy atom. The number of rotatable bonds is 1. The second-order valence-electron chi connectivity index (χ2n) is 5.38. The number of anilines is 1. The highest BCUT2D eigenvalue weighted by Gasteiger charge is 2.13. The van der Waals surface area contributed by atoms with Crippen LogP contribution in [0.1, 0.15) is 24.0 Å². The molecule has 1 aliphatic heterocycles. The predicted molar refractivity (Wildman–Crippen MR) is 103 cm³/mol. The number of aliphatic imine (C=N–C) groups is 2. The number of nitrogens with zero attached hydrogens (tertiary/aromatic N) is 3. The molecule has 5 N–H and O–H groups in total. The van der Waals surface area contributed by atoms with Gasteiger partial charge in [-0.25, -0.2) is 0 Å². The van der Waals surface area contributed by atoms with Crippen molar-refractivity contribution >= 4 is 47.3 Å². The lowest BCUT2D eigenvalue weighted by Crippen LogP contribution is -2.36. The molecule has 8 heteroatoms. The number of hydrogen-bond donors (Lipinski definition) is 3. The van der Waals surface area contributed by atoms with Gasteiger partial charge in [0.05, 0.1) is 0 Å². The minimum Gasteiger partial charge on any atom is -0.369 e. The van der Waals surface area contributed by atoms with Gasteiger partial charge in [-0.15, -0.1) is 12.4 Å². The molecule has 1 fully saturated rings. The lowest BCUT2D eigenvalue weighted by molar-refractivity contribution is 0.514. The van der Waals surface area contributed by atoms with Gasteiger partial charge in [-0.1, -0.05) is 17.7 Å². The van der Waals surface area contributed by atoms with Crippen molar-refractivity contribution in [2.24, 2.45) is 21.5 Å². The number of guanidine groups is 2. The number of nitrogens with two attached hydrogens (primary N) is 2.